The van der Waals surface area contributed by atoms with Crippen LogP contribution in [-0.2, 0) is 6.42 Å². The summed E-state index contributed by atoms with van der Waals surface area (Å²) in [5.41, 5.74) is 1.08. The van der Waals surface area contributed by atoms with Gasteiger partial charge in [-0.3, -0.25) is 0 Å². The number of fused-ring (bicyclic) bond motifs is 1. The second-order valence-corrected chi connectivity index (χ2v) is 7.60. The molecular formula is C20H14ClF3N4OS. The van der Waals surface area contributed by atoms with Crippen molar-refractivity contribution in [2.75, 3.05) is 11.9 Å². The molecule has 0 unspecified atom stereocenters. The Morgan fingerprint density at radius 3 is 2.67 bits per heavy atom. The van der Waals surface area contributed by atoms with E-state index in [2.05, 4.69) is 20.3 Å². The van der Waals surface area contributed by atoms with Crippen molar-refractivity contribution in [2.45, 2.75) is 13.3 Å². The number of halogens is 4. The molecule has 0 spiro atoms. The van der Waals surface area contributed by atoms with Crippen LogP contribution in [0.1, 0.15) is 18.2 Å². The van der Waals surface area contributed by atoms with E-state index in [4.69, 9.17) is 16.3 Å². The summed E-state index contributed by atoms with van der Waals surface area (Å²) < 4.78 is 47.0. The first-order valence-corrected chi connectivity index (χ1v) is 10.1. The number of hydrogen-bond donors (Lipinski definition) is 1. The highest BCUT2D eigenvalue weighted by Gasteiger charge is 2.15. The van der Waals surface area contributed by atoms with Gasteiger partial charge in [0.2, 0.25) is 5.28 Å². The largest absolute Gasteiger partial charge is 0.494 e. The zero-order valence-corrected chi connectivity index (χ0v) is 17.1. The molecule has 1 N–H and O–H groups in total. The minimum atomic E-state index is -1.52. The lowest BCUT2D eigenvalue weighted by molar-refractivity contribution is 0.341. The average molecular weight is 451 g/mol. The standard InChI is InChI=1S/C20H14ClF3N4OS/c1-2-29-12-4-6-14-15(9-12)30-20(26-14)28-16-8-11(25-19(21)27-16)7-10-3-5-13(22)18(24)17(10)23/h3-6,8-9H,2,7H2,1H3,(H,25,26,27,28). The molecule has 0 aliphatic rings. The zero-order valence-electron chi connectivity index (χ0n) is 15.5. The molecule has 10 heteroatoms. The Morgan fingerprint density at radius 1 is 1.03 bits per heavy atom. The second kappa shape index (κ2) is 8.45. The summed E-state index contributed by atoms with van der Waals surface area (Å²) >= 11 is 7.39. The highest BCUT2D eigenvalue weighted by Crippen LogP contribution is 2.31. The minimum Gasteiger partial charge on any atom is -0.494 e. The maximum absolute atomic E-state index is 14.0. The molecule has 0 bridgehead atoms. The summed E-state index contributed by atoms with van der Waals surface area (Å²) in [6.07, 6.45) is -0.0858. The number of nitrogens with zero attached hydrogens (tertiary/aromatic N) is 3. The van der Waals surface area contributed by atoms with Crippen molar-refractivity contribution in [1.82, 2.24) is 15.0 Å². The highest BCUT2D eigenvalue weighted by atomic mass is 35.5. The first-order valence-electron chi connectivity index (χ1n) is 8.89. The van der Waals surface area contributed by atoms with E-state index >= 15 is 0 Å². The molecular weight excluding hydrogens is 437 g/mol. The molecule has 0 amide bonds. The Kier molecular flexibility index (Phi) is 5.74. The predicted molar refractivity (Wildman–Crippen MR) is 110 cm³/mol. The van der Waals surface area contributed by atoms with Crippen molar-refractivity contribution in [3.05, 3.63) is 70.4 Å². The fraction of sp³-hybridized carbons (Fsp3) is 0.150. The smallest absolute Gasteiger partial charge is 0.224 e. The molecule has 0 atom stereocenters. The van der Waals surface area contributed by atoms with Crippen molar-refractivity contribution >= 4 is 44.1 Å². The molecule has 4 aromatic rings. The SMILES string of the molecule is CCOc1ccc2nc(Nc3cc(Cc4ccc(F)c(F)c4F)nc(Cl)n3)sc2c1. The molecule has 0 aliphatic heterocycles. The van der Waals surface area contributed by atoms with Gasteiger partial charge in [-0.25, -0.2) is 28.1 Å². The van der Waals surface area contributed by atoms with Crippen LogP contribution < -0.4 is 10.1 Å². The molecule has 0 fully saturated rings. The molecule has 5 nitrogen and oxygen atoms in total. The monoisotopic (exact) mass is 450 g/mol. The van der Waals surface area contributed by atoms with Gasteiger partial charge in [0.25, 0.3) is 0 Å². The third-order valence-corrected chi connectivity index (χ3v) is 5.25. The molecule has 0 radical (unpaired) electrons. The first-order chi connectivity index (χ1) is 14.4. The van der Waals surface area contributed by atoms with Gasteiger partial charge in [0, 0.05) is 12.5 Å². The van der Waals surface area contributed by atoms with E-state index in [1.165, 1.54) is 17.4 Å². The van der Waals surface area contributed by atoms with Crippen LogP contribution in [-0.4, -0.2) is 21.6 Å². The third kappa shape index (κ3) is 4.31. The normalized spacial score (nSPS) is 11.1. The Balaban J connectivity index is 1.59. The van der Waals surface area contributed by atoms with Gasteiger partial charge in [-0.15, -0.1) is 0 Å². The minimum absolute atomic E-state index is 0.0435. The molecule has 30 heavy (non-hydrogen) atoms. The summed E-state index contributed by atoms with van der Waals surface area (Å²) in [6.45, 7) is 2.47. The molecule has 2 aromatic carbocycles. The quantitative estimate of drug-likeness (QED) is 0.293. The van der Waals surface area contributed by atoms with Crippen LogP contribution >= 0.6 is 22.9 Å². The van der Waals surface area contributed by atoms with Crippen molar-refractivity contribution in [3.8, 4) is 5.75 Å². The number of hydrogen-bond acceptors (Lipinski definition) is 6. The Bertz CT molecular complexity index is 1230. The summed E-state index contributed by atoms with van der Waals surface area (Å²) in [5, 5.41) is 3.55. The number of anilines is 2. The van der Waals surface area contributed by atoms with E-state index in [1.807, 2.05) is 25.1 Å². The second-order valence-electron chi connectivity index (χ2n) is 6.23. The van der Waals surface area contributed by atoms with Crippen LogP contribution in [0.25, 0.3) is 10.2 Å². The van der Waals surface area contributed by atoms with E-state index in [-0.39, 0.29) is 17.3 Å². The fourth-order valence-corrected chi connectivity index (χ4v) is 3.94. The van der Waals surface area contributed by atoms with Gasteiger partial charge in [0.1, 0.15) is 11.6 Å². The number of rotatable bonds is 6. The van der Waals surface area contributed by atoms with E-state index in [0.29, 0.717) is 23.3 Å². The van der Waals surface area contributed by atoms with E-state index in [9.17, 15) is 13.2 Å². The van der Waals surface area contributed by atoms with Crippen molar-refractivity contribution in [3.63, 3.8) is 0 Å². The van der Waals surface area contributed by atoms with Crippen molar-refractivity contribution in [1.29, 1.82) is 0 Å². The van der Waals surface area contributed by atoms with Crippen LogP contribution in [0.3, 0.4) is 0 Å². The predicted octanol–water partition coefficient (Wildman–Crippen LogP) is 5.89. The lowest BCUT2D eigenvalue weighted by Crippen LogP contribution is -2.03. The molecule has 0 aliphatic carbocycles. The van der Waals surface area contributed by atoms with Gasteiger partial charge in [-0.1, -0.05) is 17.4 Å². The Labute approximate surface area is 178 Å². The summed E-state index contributed by atoms with van der Waals surface area (Å²) in [6, 6.07) is 9.17. The van der Waals surface area contributed by atoms with E-state index in [1.54, 1.807) is 6.07 Å². The average Bonchev–Trinajstić information content (AvgIpc) is 3.10. The summed E-state index contributed by atoms with van der Waals surface area (Å²) in [7, 11) is 0. The molecule has 154 valence electrons. The van der Waals surface area contributed by atoms with Gasteiger partial charge >= 0.3 is 0 Å². The van der Waals surface area contributed by atoms with Crippen LogP contribution in [0.15, 0.2) is 36.4 Å². The lowest BCUT2D eigenvalue weighted by atomic mass is 10.1. The van der Waals surface area contributed by atoms with Crippen LogP contribution in [0.4, 0.5) is 24.1 Å². The fourth-order valence-electron chi connectivity index (χ4n) is 2.84. The van der Waals surface area contributed by atoms with Crippen LogP contribution in [0, 0.1) is 17.5 Å². The maximum atomic E-state index is 14.0. The molecule has 0 saturated heterocycles. The molecule has 0 saturated carbocycles. The van der Waals surface area contributed by atoms with Crippen molar-refractivity contribution in [2.24, 2.45) is 0 Å². The topological polar surface area (TPSA) is 59.9 Å². The lowest BCUT2D eigenvalue weighted by Gasteiger charge is -2.07. The summed E-state index contributed by atoms with van der Waals surface area (Å²) in [4.78, 5) is 12.6. The zero-order chi connectivity index (χ0) is 21.3. The van der Waals surface area contributed by atoms with Crippen molar-refractivity contribution < 1.29 is 17.9 Å². The molecule has 2 aromatic heterocycles. The van der Waals surface area contributed by atoms with E-state index in [0.717, 1.165) is 22.0 Å². The Hall–Kier alpha value is -2.91. The number of thiazole rings is 1. The molecule has 2 heterocycles. The number of benzene rings is 2. The van der Waals surface area contributed by atoms with E-state index < -0.39 is 17.5 Å². The number of nitrogens with one attached hydrogen (secondary N) is 1. The number of aromatic nitrogens is 3. The number of ether oxygens (including phenoxy) is 1. The molecule has 4 rings (SSSR count). The van der Waals surface area contributed by atoms with Gasteiger partial charge in [0.15, 0.2) is 22.6 Å². The van der Waals surface area contributed by atoms with Gasteiger partial charge in [-0.05, 0) is 48.4 Å². The Morgan fingerprint density at radius 2 is 1.87 bits per heavy atom. The van der Waals surface area contributed by atoms with Gasteiger partial charge < -0.3 is 10.1 Å². The maximum Gasteiger partial charge on any atom is 0.224 e. The van der Waals surface area contributed by atoms with Gasteiger partial charge in [0.05, 0.1) is 22.5 Å². The summed E-state index contributed by atoms with van der Waals surface area (Å²) in [5.74, 6) is -2.93. The first kappa shape index (κ1) is 20.4. The third-order valence-electron chi connectivity index (χ3n) is 4.14. The van der Waals surface area contributed by atoms with Crippen LogP contribution in [0.5, 0.6) is 5.75 Å². The van der Waals surface area contributed by atoms with Gasteiger partial charge in [-0.2, -0.15) is 0 Å². The van der Waals surface area contributed by atoms with Crippen LogP contribution in [0.2, 0.25) is 5.28 Å². The highest BCUT2D eigenvalue weighted by molar-refractivity contribution is 7.22.